The molecule has 18 heavy (non-hydrogen) atoms. The minimum atomic E-state index is -0.996. The largest absolute Gasteiger partial charge is 0.497 e. The van der Waals surface area contributed by atoms with Gasteiger partial charge in [0, 0.05) is 6.07 Å². The van der Waals surface area contributed by atoms with E-state index in [0.717, 1.165) is 0 Å². The number of rotatable bonds is 5. The molecule has 0 fully saturated rings. The zero-order chi connectivity index (χ0) is 13.7. The fraction of sp³-hybridized carbons (Fsp3) is 0.333. The lowest BCUT2D eigenvalue weighted by Crippen LogP contribution is -2.30. The molecule has 98 valence electrons. The van der Waals surface area contributed by atoms with Crippen molar-refractivity contribution in [3.05, 3.63) is 23.8 Å². The van der Waals surface area contributed by atoms with Gasteiger partial charge in [-0.25, -0.2) is 4.79 Å². The SMILES string of the molecule is COc1ccc(C(=O)O[C@@H](C)C(N)=O)c(OC)c1. The summed E-state index contributed by atoms with van der Waals surface area (Å²) in [4.78, 5) is 22.6. The Morgan fingerprint density at radius 3 is 2.39 bits per heavy atom. The summed E-state index contributed by atoms with van der Waals surface area (Å²) in [6.07, 6.45) is -0.996. The van der Waals surface area contributed by atoms with Gasteiger partial charge in [0.1, 0.15) is 17.1 Å². The molecule has 0 spiro atoms. The topological polar surface area (TPSA) is 87.9 Å². The second-order valence-electron chi connectivity index (χ2n) is 3.52. The van der Waals surface area contributed by atoms with Crippen molar-refractivity contribution < 1.29 is 23.8 Å². The maximum absolute atomic E-state index is 11.8. The fourth-order valence-electron chi connectivity index (χ4n) is 1.25. The van der Waals surface area contributed by atoms with E-state index in [4.69, 9.17) is 19.9 Å². The Bertz CT molecular complexity index is 458. The van der Waals surface area contributed by atoms with E-state index >= 15 is 0 Å². The minimum absolute atomic E-state index is 0.200. The first-order valence-electron chi connectivity index (χ1n) is 5.22. The highest BCUT2D eigenvalue weighted by atomic mass is 16.5. The molecule has 1 rings (SSSR count). The number of nitrogens with two attached hydrogens (primary N) is 1. The summed E-state index contributed by atoms with van der Waals surface area (Å²) in [6.45, 7) is 1.40. The third-order valence-corrected chi connectivity index (χ3v) is 2.31. The van der Waals surface area contributed by atoms with Gasteiger partial charge < -0.3 is 19.9 Å². The first kappa shape index (κ1) is 13.8. The van der Waals surface area contributed by atoms with E-state index in [-0.39, 0.29) is 5.56 Å². The van der Waals surface area contributed by atoms with Crippen LogP contribution in [0.2, 0.25) is 0 Å². The molecule has 0 saturated heterocycles. The predicted octanol–water partition coefficient (Wildman–Crippen LogP) is 0.734. The van der Waals surface area contributed by atoms with Crippen molar-refractivity contribution in [2.75, 3.05) is 14.2 Å². The third-order valence-electron chi connectivity index (χ3n) is 2.31. The van der Waals surface area contributed by atoms with E-state index in [0.29, 0.717) is 11.5 Å². The van der Waals surface area contributed by atoms with Crippen LogP contribution in [0.5, 0.6) is 11.5 Å². The molecule has 0 heterocycles. The number of hydrogen-bond donors (Lipinski definition) is 1. The average Bonchev–Trinajstić information content (AvgIpc) is 2.37. The highest BCUT2D eigenvalue weighted by Crippen LogP contribution is 2.25. The number of esters is 1. The summed E-state index contributed by atoms with van der Waals surface area (Å²) in [5.41, 5.74) is 5.21. The van der Waals surface area contributed by atoms with Crippen LogP contribution in [0.15, 0.2) is 18.2 Å². The van der Waals surface area contributed by atoms with Gasteiger partial charge in [-0.15, -0.1) is 0 Å². The summed E-state index contributed by atoms with van der Waals surface area (Å²) >= 11 is 0. The Morgan fingerprint density at radius 1 is 1.22 bits per heavy atom. The van der Waals surface area contributed by atoms with E-state index in [1.165, 1.54) is 27.2 Å². The van der Waals surface area contributed by atoms with E-state index in [1.54, 1.807) is 12.1 Å². The first-order chi connectivity index (χ1) is 8.49. The Morgan fingerprint density at radius 2 is 1.89 bits per heavy atom. The van der Waals surface area contributed by atoms with Gasteiger partial charge in [0.15, 0.2) is 6.10 Å². The molecule has 0 aliphatic rings. The molecule has 0 bridgehead atoms. The van der Waals surface area contributed by atoms with Gasteiger partial charge in [-0.1, -0.05) is 0 Å². The van der Waals surface area contributed by atoms with Crippen molar-refractivity contribution in [2.24, 2.45) is 5.73 Å². The Kier molecular flexibility index (Phi) is 4.53. The number of benzene rings is 1. The van der Waals surface area contributed by atoms with Crippen LogP contribution in [-0.2, 0) is 9.53 Å². The van der Waals surface area contributed by atoms with Crippen LogP contribution in [0.4, 0.5) is 0 Å². The number of primary amides is 1. The normalized spacial score (nSPS) is 11.5. The van der Waals surface area contributed by atoms with Crippen LogP contribution in [0.3, 0.4) is 0 Å². The van der Waals surface area contributed by atoms with Crippen molar-refractivity contribution in [3.63, 3.8) is 0 Å². The zero-order valence-electron chi connectivity index (χ0n) is 10.4. The summed E-state index contributed by atoms with van der Waals surface area (Å²) in [7, 11) is 2.92. The summed E-state index contributed by atoms with van der Waals surface area (Å²) in [6, 6.07) is 4.63. The monoisotopic (exact) mass is 253 g/mol. The molecule has 0 aliphatic carbocycles. The van der Waals surface area contributed by atoms with Crippen molar-refractivity contribution in [3.8, 4) is 11.5 Å². The van der Waals surface area contributed by atoms with Crippen LogP contribution in [-0.4, -0.2) is 32.2 Å². The maximum atomic E-state index is 11.8. The number of amides is 1. The van der Waals surface area contributed by atoms with Gasteiger partial charge in [0.25, 0.3) is 5.91 Å². The zero-order valence-corrected chi connectivity index (χ0v) is 10.4. The van der Waals surface area contributed by atoms with E-state index in [9.17, 15) is 9.59 Å². The first-order valence-corrected chi connectivity index (χ1v) is 5.22. The number of ether oxygens (including phenoxy) is 3. The Hall–Kier alpha value is -2.24. The van der Waals surface area contributed by atoms with Crippen LogP contribution in [0.25, 0.3) is 0 Å². The number of hydrogen-bond acceptors (Lipinski definition) is 5. The summed E-state index contributed by atoms with van der Waals surface area (Å²) < 4.78 is 14.9. The molecule has 0 saturated carbocycles. The lowest BCUT2D eigenvalue weighted by atomic mass is 10.2. The quantitative estimate of drug-likeness (QED) is 0.782. The molecule has 1 aromatic rings. The van der Waals surface area contributed by atoms with Gasteiger partial charge in [-0.2, -0.15) is 0 Å². The van der Waals surface area contributed by atoms with Gasteiger partial charge in [0.05, 0.1) is 14.2 Å². The molecule has 1 aromatic carbocycles. The van der Waals surface area contributed by atoms with Crippen molar-refractivity contribution in [2.45, 2.75) is 13.0 Å². The van der Waals surface area contributed by atoms with Crippen LogP contribution in [0, 0.1) is 0 Å². The van der Waals surface area contributed by atoms with Gasteiger partial charge >= 0.3 is 5.97 Å². The summed E-state index contributed by atoms with van der Waals surface area (Å²) in [5.74, 6) is -0.543. The standard InChI is InChI=1S/C12H15NO5/c1-7(11(13)14)18-12(15)9-5-4-8(16-2)6-10(9)17-3/h4-7H,1-3H3,(H2,13,14)/t7-/m0/s1. The van der Waals surface area contributed by atoms with Crippen LogP contribution in [0.1, 0.15) is 17.3 Å². The lowest BCUT2D eigenvalue weighted by Gasteiger charge is -2.12. The fourth-order valence-corrected chi connectivity index (χ4v) is 1.25. The lowest BCUT2D eigenvalue weighted by molar-refractivity contribution is -0.125. The highest BCUT2D eigenvalue weighted by molar-refractivity contribution is 5.94. The smallest absolute Gasteiger partial charge is 0.342 e. The molecular weight excluding hydrogens is 238 g/mol. The van der Waals surface area contributed by atoms with Crippen LogP contribution < -0.4 is 15.2 Å². The van der Waals surface area contributed by atoms with Crippen molar-refractivity contribution in [1.29, 1.82) is 0 Å². The number of carbonyl (C=O) groups excluding carboxylic acids is 2. The number of methoxy groups -OCH3 is 2. The summed E-state index contributed by atoms with van der Waals surface area (Å²) in [5, 5.41) is 0. The average molecular weight is 253 g/mol. The van der Waals surface area contributed by atoms with Gasteiger partial charge in [-0.3, -0.25) is 4.79 Å². The van der Waals surface area contributed by atoms with Gasteiger partial charge in [-0.05, 0) is 19.1 Å². The molecule has 0 aromatic heterocycles. The van der Waals surface area contributed by atoms with E-state index in [1.807, 2.05) is 0 Å². The molecule has 6 nitrogen and oxygen atoms in total. The van der Waals surface area contributed by atoms with Crippen LogP contribution >= 0.6 is 0 Å². The molecule has 6 heteroatoms. The minimum Gasteiger partial charge on any atom is -0.497 e. The van der Waals surface area contributed by atoms with Crippen molar-refractivity contribution >= 4 is 11.9 Å². The Labute approximate surface area is 105 Å². The molecule has 1 amide bonds. The van der Waals surface area contributed by atoms with Gasteiger partial charge in [0.2, 0.25) is 0 Å². The van der Waals surface area contributed by atoms with E-state index in [2.05, 4.69) is 0 Å². The van der Waals surface area contributed by atoms with E-state index < -0.39 is 18.0 Å². The molecule has 2 N–H and O–H groups in total. The second kappa shape index (κ2) is 5.90. The Balaban J connectivity index is 2.95. The molecule has 1 atom stereocenters. The predicted molar refractivity (Wildman–Crippen MR) is 63.6 cm³/mol. The molecule has 0 unspecified atom stereocenters. The third kappa shape index (κ3) is 3.13. The molecule has 0 radical (unpaired) electrons. The maximum Gasteiger partial charge on any atom is 0.342 e. The van der Waals surface area contributed by atoms with Crippen molar-refractivity contribution in [1.82, 2.24) is 0 Å². The molecular formula is C12H15NO5. The highest BCUT2D eigenvalue weighted by Gasteiger charge is 2.19. The number of carbonyl (C=O) groups is 2. The second-order valence-corrected chi connectivity index (χ2v) is 3.52. The molecule has 0 aliphatic heterocycles.